The third kappa shape index (κ3) is 3.66. The second-order valence-electron chi connectivity index (χ2n) is 4.05. The van der Waals surface area contributed by atoms with Crippen LogP contribution in [0.25, 0.3) is 0 Å². The zero-order valence-electron chi connectivity index (χ0n) is 9.95. The maximum atomic E-state index is 13.1. The van der Waals surface area contributed by atoms with Crippen LogP contribution in [0.1, 0.15) is 11.6 Å². The maximum Gasteiger partial charge on any atom is 0.159 e. The standard InChI is InChI=1S/C14H12ClF2NO/c15-10-2-1-3-11(7-10)19-8-14(18)9-4-5-12(16)13(17)6-9/h1-7,14H,8,18H2. The Kier molecular flexibility index (Phi) is 4.35. The second-order valence-corrected chi connectivity index (χ2v) is 4.48. The molecule has 2 aromatic rings. The topological polar surface area (TPSA) is 35.2 Å². The van der Waals surface area contributed by atoms with Crippen LogP contribution in [0.3, 0.4) is 0 Å². The van der Waals surface area contributed by atoms with Gasteiger partial charge >= 0.3 is 0 Å². The van der Waals surface area contributed by atoms with Crippen LogP contribution in [0.2, 0.25) is 5.02 Å². The highest BCUT2D eigenvalue weighted by atomic mass is 35.5. The fraction of sp³-hybridized carbons (Fsp3) is 0.143. The van der Waals surface area contributed by atoms with Gasteiger partial charge < -0.3 is 10.5 Å². The quantitative estimate of drug-likeness (QED) is 0.929. The third-order valence-corrected chi connectivity index (χ3v) is 2.83. The van der Waals surface area contributed by atoms with Crippen molar-refractivity contribution < 1.29 is 13.5 Å². The Morgan fingerprint density at radius 2 is 1.89 bits per heavy atom. The fourth-order valence-electron chi connectivity index (χ4n) is 1.58. The molecule has 0 aromatic heterocycles. The van der Waals surface area contributed by atoms with E-state index in [2.05, 4.69) is 0 Å². The van der Waals surface area contributed by atoms with Crippen LogP contribution in [0.5, 0.6) is 5.75 Å². The van der Waals surface area contributed by atoms with Crippen molar-refractivity contribution >= 4 is 11.6 Å². The van der Waals surface area contributed by atoms with Gasteiger partial charge in [-0.25, -0.2) is 8.78 Å². The molecule has 2 nitrogen and oxygen atoms in total. The summed E-state index contributed by atoms with van der Waals surface area (Å²) in [5, 5.41) is 0.555. The first-order valence-corrected chi connectivity index (χ1v) is 6.03. The van der Waals surface area contributed by atoms with E-state index in [1.54, 1.807) is 24.3 Å². The summed E-state index contributed by atoms with van der Waals surface area (Å²) in [6, 6.07) is 9.87. The lowest BCUT2D eigenvalue weighted by molar-refractivity contribution is 0.290. The van der Waals surface area contributed by atoms with Gasteiger partial charge in [-0.1, -0.05) is 23.7 Å². The zero-order chi connectivity index (χ0) is 13.8. The number of halogens is 3. The van der Waals surface area contributed by atoms with Gasteiger partial charge in [-0.3, -0.25) is 0 Å². The molecule has 0 aliphatic heterocycles. The molecule has 0 spiro atoms. The van der Waals surface area contributed by atoms with Crippen LogP contribution < -0.4 is 10.5 Å². The highest BCUT2D eigenvalue weighted by Crippen LogP contribution is 2.19. The van der Waals surface area contributed by atoms with Gasteiger partial charge in [0.15, 0.2) is 11.6 Å². The average Bonchev–Trinajstić information content (AvgIpc) is 2.39. The summed E-state index contributed by atoms with van der Waals surface area (Å²) in [5.74, 6) is -1.24. The smallest absolute Gasteiger partial charge is 0.159 e. The van der Waals surface area contributed by atoms with Crippen molar-refractivity contribution in [2.45, 2.75) is 6.04 Å². The minimum atomic E-state index is -0.921. The Bertz CT molecular complexity index is 577. The molecule has 2 aromatic carbocycles. The Morgan fingerprint density at radius 1 is 1.11 bits per heavy atom. The van der Waals surface area contributed by atoms with Gasteiger partial charge in [0.2, 0.25) is 0 Å². The fourth-order valence-corrected chi connectivity index (χ4v) is 1.76. The van der Waals surface area contributed by atoms with E-state index in [4.69, 9.17) is 22.1 Å². The van der Waals surface area contributed by atoms with E-state index >= 15 is 0 Å². The predicted molar refractivity (Wildman–Crippen MR) is 70.2 cm³/mol. The summed E-state index contributed by atoms with van der Waals surface area (Å²) < 4.78 is 31.3. The van der Waals surface area contributed by atoms with Gasteiger partial charge in [0, 0.05) is 5.02 Å². The van der Waals surface area contributed by atoms with Gasteiger partial charge in [-0.05, 0) is 35.9 Å². The SMILES string of the molecule is NC(COc1cccc(Cl)c1)c1ccc(F)c(F)c1. The molecule has 1 atom stereocenters. The lowest BCUT2D eigenvalue weighted by Gasteiger charge is -2.14. The molecule has 2 N–H and O–H groups in total. The number of nitrogens with two attached hydrogens (primary N) is 1. The first-order valence-electron chi connectivity index (χ1n) is 5.65. The molecular formula is C14H12ClF2NO. The number of hydrogen-bond acceptors (Lipinski definition) is 2. The van der Waals surface area contributed by atoms with Gasteiger partial charge in [-0.2, -0.15) is 0 Å². The van der Waals surface area contributed by atoms with E-state index in [-0.39, 0.29) is 6.61 Å². The number of ether oxygens (including phenoxy) is 1. The molecule has 0 heterocycles. The summed E-state index contributed by atoms with van der Waals surface area (Å²) in [7, 11) is 0. The molecule has 0 saturated carbocycles. The van der Waals surface area contributed by atoms with E-state index in [0.29, 0.717) is 16.3 Å². The molecular weight excluding hydrogens is 272 g/mol. The Hall–Kier alpha value is -1.65. The van der Waals surface area contributed by atoms with Crippen LogP contribution in [-0.2, 0) is 0 Å². The summed E-state index contributed by atoms with van der Waals surface area (Å²) in [5.41, 5.74) is 6.33. The Balaban J connectivity index is 2.01. The van der Waals surface area contributed by atoms with Crippen molar-refractivity contribution in [3.63, 3.8) is 0 Å². The normalized spacial score (nSPS) is 12.2. The Labute approximate surface area is 114 Å². The Morgan fingerprint density at radius 3 is 2.58 bits per heavy atom. The lowest BCUT2D eigenvalue weighted by Crippen LogP contribution is -2.19. The number of rotatable bonds is 4. The van der Waals surface area contributed by atoms with Crippen molar-refractivity contribution in [1.82, 2.24) is 0 Å². The maximum absolute atomic E-state index is 13.1. The summed E-state index contributed by atoms with van der Waals surface area (Å²) in [6.45, 7) is 0.144. The van der Waals surface area contributed by atoms with Crippen molar-refractivity contribution in [1.29, 1.82) is 0 Å². The minimum absolute atomic E-state index is 0.144. The molecule has 100 valence electrons. The predicted octanol–water partition coefficient (Wildman–Crippen LogP) is 3.70. The molecule has 5 heteroatoms. The first kappa shape index (κ1) is 13.8. The highest BCUT2D eigenvalue weighted by Gasteiger charge is 2.10. The molecule has 0 amide bonds. The number of benzene rings is 2. The lowest BCUT2D eigenvalue weighted by atomic mass is 10.1. The first-order chi connectivity index (χ1) is 9.06. The van der Waals surface area contributed by atoms with Gasteiger partial charge in [-0.15, -0.1) is 0 Å². The molecule has 2 rings (SSSR count). The molecule has 0 radical (unpaired) electrons. The summed E-state index contributed by atoms with van der Waals surface area (Å²) in [6.07, 6.45) is 0. The van der Waals surface area contributed by atoms with Crippen molar-refractivity contribution in [3.8, 4) is 5.75 Å². The molecule has 19 heavy (non-hydrogen) atoms. The van der Waals surface area contributed by atoms with Crippen LogP contribution in [0.15, 0.2) is 42.5 Å². The monoisotopic (exact) mass is 283 g/mol. The van der Waals surface area contributed by atoms with Crippen molar-refractivity contribution in [3.05, 3.63) is 64.7 Å². The largest absolute Gasteiger partial charge is 0.492 e. The number of hydrogen-bond donors (Lipinski definition) is 1. The second kappa shape index (κ2) is 5.99. The summed E-state index contributed by atoms with van der Waals surface area (Å²) in [4.78, 5) is 0. The van der Waals surface area contributed by atoms with Gasteiger partial charge in [0.1, 0.15) is 12.4 Å². The van der Waals surface area contributed by atoms with Crippen molar-refractivity contribution in [2.75, 3.05) is 6.61 Å². The summed E-state index contributed by atoms with van der Waals surface area (Å²) >= 11 is 5.81. The van der Waals surface area contributed by atoms with Crippen LogP contribution in [0.4, 0.5) is 8.78 Å². The molecule has 0 saturated heterocycles. The van der Waals surface area contributed by atoms with E-state index in [9.17, 15) is 8.78 Å². The van der Waals surface area contributed by atoms with Gasteiger partial charge in [0.25, 0.3) is 0 Å². The van der Waals surface area contributed by atoms with Gasteiger partial charge in [0.05, 0.1) is 6.04 Å². The molecule has 1 unspecified atom stereocenters. The van der Waals surface area contributed by atoms with E-state index in [0.717, 1.165) is 12.1 Å². The van der Waals surface area contributed by atoms with E-state index < -0.39 is 17.7 Å². The molecule has 0 bridgehead atoms. The zero-order valence-corrected chi connectivity index (χ0v) is 10.7. The average molecular weight is 284 g/mol. The van der Waals surface area contributed by atoms with E-state index in [1.807, 2.05) is 0 Å². The third-order valence-electron chi connectivity index (χ3n) is 2.60. The molecule has 0 fully saturated rings. The van der Waals surface area contributed by atoms with Crippen LogP contribution in [0, 0.1) is 11.6 Å². The highest BCUT2D eigenvalue weighted by molar-refractivity contribution is 6.30. The van der Waals surface area contributed by atoms with Crippen LogP contribution >= 0.6 is 11.6 Å². The van der Waals surface area contributed by atoms with Crippen LogP contribution in [-0.4, -0.2) is 6.61 Å². The molecule has 0 aliphatic carbocycles. The van der Waals surface area contributed by atoms with Crippen molar-refractivity contribution in [2.24, 2.45) is 5.73 Å². The minimum Gasteiger partial charge on any atom is -0.492 e. The van der Waals surface area contributed by atoms with E-state index in [1.165, 1.54) is 6.07 Å². The molecule has 0 aliphatic rings.